The minimum Gasteiger partial charge on any atom is -0.481 e. The highest BCUT2D eigenvalue weighted by atomic mass is 16.4. The summed E-state index contributed by atoms with van der Waals surface area (Å²) < 4.78 is 0. The topological polar surface area (TPSA) is 83.6 Å². The van der Waals surface area contributed by atoms with Crippen LogP contribution in [-0.4, -0.2) is 40.5 Å². The van der Waals surface area contributed by atoms with Gasteiger partial charge in [0, 0.05) is 12.5 Å². The standard InChI is InChI=1S/C12H22N2O3/c1-2-10(12(13)17)14-8-4-3-5-9(14)6-7-11(15)16/h9-10H,2-8H2,1H3,(H2,13,17)(H,15,16). The molecule has 1 fully saturated rings. The van der Waals surface area contributed by atoms with Gasteiger partial charge in [0.1, 0.15) is 0 Å². The first-order chi connectivity index (χ1) is 8.06. The Labute approximate surface area is 102 Å². The van der Waals surface area contributed by atoms with E-state index in [1.807, 2.05) is 6.92 Å². The monoisotopic (exact) mass is 242 g/mol. The van der Waals surface area contributed by atoms with Crippen LogP contribution in [0, 0.1) is 0 Å². The number of aliphatic carboxylic acids is 1. The van der Waals surface area contributed by atoms with E-state index in [0.717, 1.165) is 25.8 Å². The molecule has 1 rings (SSSR count). The number of carbonyl (C=O) groups excluding carboxylic acids is 1. The molecule has 1 saturated heterocycles. The summed E-state index contributed by atoms with van der Waals surface area (Å²) in [4.78, 5) is 24.1. The zero-order valence-electron chi connectivity index (χ0n) is 10.4. The van der Waals surface area contributed by atoms with Crippen LogP contribution in [0.1, 0.15) is 45.4 Å². The van der Waals surface area contributed by atoms with E-state index < -0.39 is 5.97 Å². The third-order valence-corrected chi connectivity index (χ3v) is 3.48. The molecule has 0 bridgehead atoms. The molecule has 1 aliphatic heterocycles. The average Bonchev–Trinajstić information content (AvgIpc) is 2.28. The Hall–Kier alpha value is -1.10. The van der Waals surface area contributed by atoms with Gasteiger partial charge in [-0.05, 0) is 32.2 Å². The normalized spacial score (nSPS) is 23.2. The van der Waals surface area contributed by atoms with Gasteiger partial charge in [0.25, 0.3) is 0 Å². The van der Waals surface area contributed by atoms with Crippen LogP contribution in [0.15, 0.2) is 0 Å². The Balaban J connectivity index is 2.63. The van der Waals surface area contributed by atoms with Gasteiger partial charge in [-0.15, -0.1) is 0 Å². The third-order valence-electron chi connectivity index (χ3n) is 3.48. The van der Waals surface area contributed by atoms with Gasteiger partial charge in [0.15, 0.2) is 0 Å². The molecule has 17 heavy (non-hydrogen) atoms. The lowest BCUT2D eigenvalue weighted by molar-refractivity contribution is -0.137. The van der Waals surface area contributed by atoms with Crippen molar-refractivity contribution in [3.8, 4) is 0 Å². The first-order valence-corrected chi connectivity index (χ1v) is 6.33. The smallest absolute Gasteiger partial charge is 0.303 e. The summed E-state index contributed by atoms with van der Waals surface area (Å²) in [7, 11) is 0. The summed E-state index contributed by atoms with van der Waals surface area (Å²) in [6.07, 6.45) is 4.61. The van der Waals surface area contributed by atoms with Crippen LogP contribution >= 0.6 is 0 Å². The van der Waals surface area contributed by atoms with Crippen molar-refractivity contribution >= 4 is 11.9 Å². The Morgan fingerprint density at radius 3 is 2.71 bits per heavy atom. The van der Waals surface area contributed by atoms with Crippen LogP contribution < -0.4 is 5.73 Å². The molecule has 0 aliphatic carbocycles. The van der Waals surface area contributed by atoms with E-state index in [4.69, 9.17) is 10.8 Å². The van der Waals surface area contributed by atoms with Crippen molar-refractivity contribution in [1.29, 1.82) is 0 Å². The lowest BCUT2D eigenvalue weighted by atomic mass is 9.95. The first kappa shape index (κ1) is 14.0. The third kappa shape index (κ3) is 4.00. The Kier molecular flexibility index (Phi) is 5.41. The fourth-order valence-electron chi connectivity index (χ4n) is 2.63. The summed E-state index contributed by atoms with van der Waals surface area (Å²) >= 11 is 0. The van der Waals surface area contributed by atoms with Crippen LogP contribution in [0.5, 0.6) is 0 Å². The molecular formula is C12H22N2O3. The molecule has 0 aromatic carbocycles. The van der Waals surface area contributed by atoms with Crippen molar-refractivity contribution in [2.75, 3.05) is 6.54 Å². The quantitative estimate of drug-likeness (QED) is 0.727. The number of nitrogens with zero attached hydrogens (tertiary/aromatic N) is 1. The molecular weight excluding hydrogens is 220 g/mol. The van der Waals surface area contributed by atoms with Gasteiger partial charge in [-0.3, -0.25) is 14.5 Å². The van der Waals surface area contributed by atoms with Crippen LogP contribution in [0.25, 0.3) is 0 Å². The summed E-state index contributed by atoms with van der Waals surface area (Å²) in [5.41, 5.74) is 5.40. The van der Waals surface area contributed by atoms with Gasteiger partial charge in [0.2, 0.25) is 5.91 Å². The molecule has 1 amide bonds. The van der Waals surface area contributed by atoms with Crippen molar-refractivity contribution in [1.82, 2.24) is 4.90 Å². The predicted molar refractivity (Wildman–Crippen MR) is 64.5 cm³/mol. The maximum Gasteiger partial charge on any atom is 0.303 e. The molecule has 1 aliphatic rings. The number of amides is 1. The zero-order chi connectivity index (χ0) is 12.8. The van der Waals surface area contributed by atoms with Gasteiger partial charge in [-0.2, -0.15) is 0 Å². The van der Waals surface area contributed by atoms with Crippen molar-refractivity contribution in [2.45, 2.75) is 57.5 Å². The molecule has 2 atom stereocenters. The molecule has 0 aromatic heterocycles. The molecule has 5 nitrogen and oxygen atoms in total. The number of carbonyl (C=O) groups is 2. The van der Waals surface area contributed by atoms with E-state index in [0.29, 0.717) is 12.8 Å². The SMILES string of the molecule is CCC(C(N)=O)N1CCCCC1CCC(=O)O. The molecule has 1 heterocycles. The van der Waals surface area contributed by atoms with Crippen LogP contribution in [0.2, 0.25) is 0 Å². The van der Waals surface area contributed by atoms with Crippen LogP contribution in [0.3, 0.4) is 0 Å². The largest absolute Gasteiger partial charge is 0.481 e. The molecule has 98 valence electrons. The Bertz CT molecular complexity index is 281. The average molecular weight is 242 g/mol. The van der Waals surface area contributed by atoms with E-state index in [2.05, 4.69) is 4.90 Å². The summed E-state index contributed by atoms with van der Waals surface area (Å²) in [5.74, 6) is -1.07. The van der Waals surface area contributed by atoms with Gasteiger partial charge < -0.3 is 10.8 Å². The minimum absolute atomic E-state index is 0.163. The fraction of sp³-hybridized carbons (Fsp3) is 0.833. The van der Waals surface area contributed by atoms with Crippen molar-refractivity contribution in [3.63, 3.8) is 0 Å². The molecule has 2 unspecified atom stereocenters. The molecule has 0 saturated carbocycles. The van der Waals surface area contributed by atoms with E-state index in [-0.39, 0.29) is 24.4 Å². The van der Waals surface area contributed by atoms with E-state index in [1.54, 1.807) is 0 Å². The number of hydrogen-bond donors (Lipinski definition) is 2. The highest BCUT2D eigenvalue weighted by molar-refractivity contribution is 5.79. The summed E-state index contributed by atoms with van der Waals surface area (Å²) in [6, 6.07) is -0.0496. The van der Waals surface area contributed by atoms with Gasteiger partial charge in [-0.1, -0.05) is 13.3 Å². The highest BCUT2D eigenvalue weighted by Gasteiger charge is 2.30. The number of piperidine rings is 1. The van der Waals surface area contributed by atoms with Crippen molar-refractivity contribution < 1.29 is 14.7 Å². The zero-order valence-corrected chi connectivity index (χ0v) is 10.4. The van der Waals surface area contributed by atoms with Gasteiger partial charge in [0.05, 0.1) is 6.04 Å². The number of carboxylic acid groups (broad SMARTS) is 1. The predicted octanol–water partition coefficient (Wildman–Crippen LogP) is 0.970. The second-order valence-electron chi connectivity index (χ2n) is 4.65. The van der Waals surface area contributed by atoms with E-state index >= 15 is 0 Å². The Morgan fingerprint density at radius 2 is 2.18 bits per heavy atom. The van der Waals surface area contributed by atoms with Gasteiger partial charge in [-0.25, -0.2) is 0 Å². The second kappa shape index (κ2) is 6.59. The van der Waals surface area contributed by atoms with Crippen molar-refractivity contribution in [3.05, 3.63) is 0 Å². The number of rotatable bonds is 6. The Morgan fingerprint density at radius 1 is 1.47 bits per heavy atom. The first-order valence-electron chi connectivity index (χ1n) is 6.33. The molecule has 0 radical (unpaired) electrons. The lowest BCUT2D eigenvalue weighted by Gasteiger charge is -2.39. The van der Waals surface area contributed by atoms with Crippen molar-refractivity contribution in [2.24, 2.45) is 5.73 Å². The number of hydrogen-bond acceptors (Lipinski definition) is 3. The maximum absolute atomic E-state index is 11.4. The fourth-order valence-corrected chi connectivity index (χ4v) is 2.63. The van der Waals surface area contributed by atoms with E-state index in [9.17, 15) is 9.59 Å². The lowest BCUT2D eigenvalue weighted by Crippen LogP contribution is -2.51. The maximum atomic E-state index is 11.4. The number of nitrogens with two attached hydrogens (primary N) is 1. The number of primary amides is 1. The second-order valence-corrected chi connectivity index (χ2v) is 4.65. The summed E-state index contributed by atoms with van der Waals surface area (Å²) in [5, 5.41) is 8.73. The van der Waals surface area contributed by atoms with E-state index in [1.165, 1.54) is 0 Å². The van der Waals surface area contributed by atoms with Gasteiger partial charge >= 0.3 is 5.97 Å². The highest BCUT2D eigenvalue weighted by Crippen LogP contribution is 2.24. The van der Waals surface area contributed by atoms with Crippen LogP contribution in [0.4, 0.5) is 0 Å². The molecule has 0 spiro atoms. The summed E-state index contributed by atoms with van der Waals surface area (Å²) in [6.45, 7) is 2.80. The molecule has 3 N–H and O–H groups in total. The molecule has 0 aromatic rings. The number of likely N-dealkylation sites (tertiary alicyclic amines) is 1. The molecule has 5 heteroatoms. The van der Waals surface area contributed by atoms with Crippen LogP contribution in [-0.2, 0) is 9.59 Å². The number of carboxylic acids is 1. The minimum atomic E-state index is -0.775.